The summed E-state index contributed by atoms with van der Waals surface area (Å²) in [6, 6.07) is 9.07. The van der Waals surface area contributed by atoms with Crippen LogP contribution in [0.1, 0.15) is 23.0 Å². The van der Waals surface area contributed by atoms with Gasteiger partial charge in [0.25, 0.3) is 11.9 Å². The molecule has 128 valence electrons. The third-order valence-corrected chi connectivity index (χ3v) is 3.90. The summed E-state index contributed by atoms with van der Waals surface area (Å²) in [6.07, 6.45) is 0.849. The highest BCUT2D eigenvalue weighted by atomic mass is 16.6. The van der Waals surface area contributed by atoms with Crippen LogP contribution >= 0.6 is 0 Å². The summed E-state index contributed by atoms with van der Waals surface area (Å²) in [5, 5.41) is 2.88. The molecule has 0 bridgehead atoms. The Balaban J connectivity index is 1.54. The Kier molecular flexibility index (Phi) is 4.93. The standard InChI is InChI=1S/C18H21NO5/c1-3-22-17-7-6-15(24-17)18(20)19-10-12-8-13-4-5-14(21-2)9-16(13)23-11-12/h4-7,9,12H,3,8,10-11H2,1-2H3,(H,19,20). The topological polar surface area (TPSA) is 69.9 Å². The number of fused-ring (bicyclic) bond motifs is 1. The summed E-state index contributed by atoms with van der Waals surface area (Å²) in [4.78, 5) is 12.1. The van der Waals surface area contributed by atoms with Crippen molar-refractivity contribution in [2.24, 2.45) is 5.92 Å². The minimum atomic E-state index is -0.249. The summed E-state index contributed by atoms with van der Waals surface area (Å²) in [5.41, 5.74) is 1.12. The van der Waals surface area contributed by atoms with E-state index >= 15 is 0 Å². The van der Waals surface area contributed by atoms with Gasteiger partial charge in [-0.25, -0.2) is 0 Å². The molecule has 2 aromatic rings. The van der Waals surface area contributed by atoms with Crippen LogP contribution in [-0.4, -0.2) is 32.8 Å². The van der Waals surface area contributed by atoms with Gasteiger partial charge < -0.3 is 23.9 Å². The van der Waals surface area contributed by atoms with Crippen molar-refractivity contribution in [3.8, 4) is 17.4 Å². The van der Waals surface area contributed by atoms with Gasteiger partial charge >= 0.3 is 0 Å². The lowest BCUT2D eigenvalue weighted by atomic mass is 9.96. The van der Waals surface area contributed by atoms with E-state index in [0.717, 1.165) is 23.5 Å². The van der Waals surface area contributed by atoms with Gasteiger partial charge in [-0.3, -0.25) is 4.79 Å². The summed E-state index contributed by atoms with van der Waals surface area (Å²) >= 11 is 0. The summed E-state index contributed by atoms with van der Waals surface area (Å²) < 4.78 is 21.5. The van der Waals surface area contributed by atoms with Gasteiger partial charge in [-0.2, -0.15) is 0 Å². The maximum atomic E-state index is 12.1. The minimum absolute atomic E-state index is 0.219. The molecule has 1 aliphatic heterocycles. The van der Waals surface area contributed by atoms with Crippen molar-refractivity contribution < 1.29 is 23.4 Å². The Hall–Kier alpha value is -2.63. The number of methoxy groups -OCH3 is 1. The second-order valence-corrected chi connectivity index (χ2v) is 5.62. The Labute approximate surface area is 140 Å². The number of ether oxygens (including phenoxy) is 3. The Morgan fingerprint density at radius 1 is 1.33 bits per heavy atom. The highest BCUT2D eigenvalue weighted by Crippen LogP contribution is 2.30. The SMILES string of the molecule is CCOc1ccc(C(=O)NCC2COc3cc(OC)ccc3C2)o1. The van der Waals surface area contributed by atoms with E-state index in [1.165, 1.54) is 0 Å². The van der Waals surface area contributed by atoms with Gasteiger partial charge in [0.15, 0.2) is 5.76 Å². The third-order valence-electron chi connectivity index (χ3n) is 3.90. The number of hydrogen-bond donors (Lipinski definition) is 1. The van der Waals surface area contributed by atoms with Crippen LogP contribution in [0.4, 0.5) is 0 Å². The molecule has 0 saturated carbocycles. The molecule has 0 saturated heterocycles. The van der Waals surface area contributed by atoms with Gasteiger partial charge in [-0.1, -0.05) is 6.07 Å². The lowest BCUT2D eigenvalue weighted by molar-refractivity contribution is 0.0903. The van der Waals surface area contributed by atoms with Crippen molar-refractivity contribution in [2.75, 3.05) is 26.9 Å². The van der Waals surface area contributed by atoms with Gasteiger partial charge in [-0.15, -0.1) is 0 Å². The molecule has 6 nitrogen and oxygen atoms in total. The average Bonchev–Trinajstić information content (AvgIpc) is 3.08. The van der Waals surface area contributed by atoms with Crippen LogP contribution in [0.3, 0.4) is 0 Å². The Morgan fingerprint density at radius 3 is 3.00 bits per heavy atom. The predicted molar refractivity (Wildman–Crippen MR) is 87.9 cm³/mol. The summed E-state index contributed by atoms with van der Waals surface area (Å²) in [6.45, 7) is 3.44. The highest BCUT2D eigenvalue weighted by molar-refractivity contribution is 5.91. The van der Waals surface area contributed by atoms with Gasteiger partial charge in [0.05, 0.1) is 20.3 Å². The molecular formula is C18H21NO5. The van der Waals surface area contributed by atoms with E-state index in [1.54, 1.807) is 19.2 Å². The highest BCUT2D eigenvalue weighted by Gasteiger charge is 2.22. The third kappa shape index (κ3) is 3.64. The van der Waals surface area contributed by atoms with E-state index in [-0.39, 0.29) is 17.6 Å². The van der Waals surface area contributed by atoms with Gasteiger partial charge in [0.1, 0.15) is 11.5 Å². The molecule has 0 fully saturated rings. The van der Waals surface area contributed by atoms with Crippen molar-refractivity contribution in [1.82, 2.24) is 5.32 Å². The molecule has 24 heavy (non-hydrogen) atoms. The van der Waals surface area contributed by atoms with Crippen LogP contribution < -0.4 is 19.5 Å². The summed E-state index contributed by atoms with van der Waals surface area (Å²) in [7, 11) is 1.63. The van der Waals surface area contributed by atoms with E-state index in [1.807, 2.05) is 25.1 Å². The molecule has 1 unspecified atom stereocenters. The van der Waals surface area contributed by atoms with Crippen molar-refractivity contribution >= 4 is 5.91 Å². The summed E-state index contributed by atoms with van der Waals surface area (Å²) in [5.74, 6) is 2.21. The molecule has 0 spiro atoms. The maximum Gasteiger partial charge on any atom is 0.287 e. The van der Waals surface area contributed by atoms with Crippen molar-refractivity contribution in [1.29, 1.82) is 0 Å². The van der Waals surface area contributed by atoms with Crippen LogP contribution in [0, 0.1) is 5.92 Å². The number of furan rings is 1. The molecule has 2 heterocycles. The van der Waals surface area contributed by atoms with E-state index < -0.39 is 0 Å². The molecule has 1 aliphatic rings. The first-order chi connectivity index (χ1) is 11.7. The van der Waals surface area contributed by atoms with E-state index in [2.05, 4.69) is 5.32 Å². The molecule has 1 aromatic carbocycles. The largest absolute Gasteiger partial charge is 0.497 e. The zero-order chi connectivity index (χ0) is 16.9. The Bertz CT molecular complexity index is 709. The predicted octanol–water partition coefficient (Wildman–Crippen LogP) is 2.67. The monoisotopic (exact) mass is 331 g/mol. The number of hydrogen-bond acceptors (Lipinski definition) is 5. The van der Waals surface area contributed by atoms with Crippen molar-refractivity contribution in [3.63, 3.8) is 0 Å². The fourth-order valence-corrected chi connectivity index (χ4v) is 2.66. The van der Waals surface area contributed by atoms with Crippen molar-refractivity contribution in [2.45, 2.75) is 13.3 Å². The quantitative estimate of drug-likeness (QED) is 0.881. The number of nitrogens with one attached hydrogen (secondary N) is 1. The number of amides is 1. The maximum absolute atomic E-state index is 12.1. The van der Waals surface area contributed by atoms with Crippen LogP contribution in [-0.2, 0) is 6.42 Å². The first kappa shape index (κ1) is 16.2. The lowest BCUT2D eigenvalue weighted by Crippen LogP contribution is -2.34. The normalized spacial score (nSPS) is 16.0. The van der Waals surface area contributed by atoms with Gasteiger partial charge in [-0.05, 0) is 31.0 Å². The van der Waals surface area contributed by atoms with Crippen molar-refractivity contribution in [3.05, 3.63) is 41.7 Å². The number of carbonyl (C=O) groups is 1. The molecule has 1 amide bonds. The van der Waals surface area contributed by atoms with Crippen LogP contribution in [0.5, 0.6) is 17.4 Å². The van der Waals surface area contributed by atoms with Gasteiger partial charge in [0, 0.05) is 24.6 Å². The Morgan fingerprint density at radius 2 is 2.21 bits per heavy atom. The van der Waals surface area contributed by atoms with Crippen LogP contribution in [0.25, 0.3) is 0 Å². The number of rotatable bonds is 6. The average molecular weight is 331 g/mol. The molecule has 0 radical (unpaired) electrons. The molecule has 6 heteroatoms. The minimum Gasteiger partial charge on any atom is -0.497 e. The van der Waals surface area contributed by atoms with E-state index in [9.17, 15) is 4.79 Å². The van der Waals surface area contributed by atoms with Crippen LogP contribution in [0.15, 0.2) is 34.7 Å². The number of carbonyl (C=O) groups excluding carboxylic acids is 1. The fraction of sp³-hybridized carbons (Fsp3) is 0.389. The zero-order valence-electron chi connectivity index (χ0n) is 13.8. The second-order valence-electron chi connectivity index (χ2n) is 5.62. The molecule has 1 atom stereocenters. The van der Waals surface area contributed by atoms with E-state index in [4.69, 9.17) is 18.6 Å². The smallest absolute Gasteiger partial charge is 0.287 e. The van der Waals surface area contributed by atoms with Gasteiger partial charge in [0.2, 0.25) is 0 Å². The van der Waals surface area contributed by atoms with E-state index in [0.29, 0.717) is 25.7 Å². The molecule has 1 N–H and O–H groups in total. The number of benzene rings is 1. The first-order valence-corrected chi connectivity index (χ1v) is 8.00. The zero-order valence-corrected chi connectivity index (χ0v) is 13.8. The molecular weight excluding hydrogens is 310 g/mol. The second kappa shape index (κ2) is 7.29. The first-order valence-electron chi connectivity index (χ1n) is 8.00. The fourth-order valence-electron chi connectivity index (χ4n) is 2.66. The van der Waals surface area contributed by atoms with Crippen LogP contribution in [0.2, 0.25) is 0 Å². The molecule has 1 aromatic heterocycles. The lowest BCUT2D eigenvalue weighted by Gasteiger charge is -2.25. The molecule has 0 aliphatic carbocycles. The molecule has 3 rings (SSSR count).